The topological polar surface area (TPSA) is 86.4 Å². The van der Waals surface area contributed by atoms with Gasteiger partial charge in [-0.1, -0.05) is 6.07 Å². The molecule has 0 spiro atoms. The van der Waals surface area contributed by atoms with Crippen molar-refractivity contribution < 1.29 is 14.0 Å². The highest BCUT2D eigenvalue weighted by Crippen LogP contribution is 2.27. The van der Waals surface area contributed by atoms with Crippen LogP contribution in [0.3, 0.4) is 0 Å². The van der Waals surface area contributed by atoms with E-state index in [1.807, 2.05) is 0 Å². The summed E-state index contributed by atoms with van der Waals surface area (Å²) in [5.74, 6) is -0.972. The van der Waals surface area contributed by atoms with Gasteiger partial charge < -0.3 is 14.8 Å². The minimum absolute atomic E-state index is 0.0617. The number of aryl methyl sites for hydroxylation is 1. The van der Waals surface area contributed by atoms with Crippen molar-refractivity contribution in [3.05, 3.63) is 57.2 Å². The van der Waals surface area contributed by atoms with E-state index in [2.05, 4.69) is 9.97 Å². The molecule has 2 amide bonds. The van der Waals surface area contributed by atoms with Crippen LogP contribution in [0.1, 0.15) is 17.8 Å². The number of H-pyrrole nitrogens is 1. The fourth-order valence-corrected chi connectivity index (χ4v) is 4.21. The summed E-state index contributed by atoms with van der Waals surface area (Å²) in [7, 11) is 1.61. The summed E-state index contributed by atoms with van der Waals surface area (Å²) in [5.41, 5.74) is 1.31. The number of amides is 2. The number of hydrogen-bond acceptors (Lipinski definition) is 5. The van der Waals surface area contributed by atoms with Crippen molar-refractivity contribution >= 4 is 39.1 Å². The van der Waals surface area contributed by atoms with Crippen LogP contribution in [0, 0.1) is 18.7 Å². The zero-order valence-corrected chi connectivity index (χ0v) is 16.8. The van der Waals surface area contributed by atoms with E-state index in [0.717, 1.165) is 0 Å². The minimum atomic E-state index is -0.534. The molecule has 4 rings (SSSR count). The fourth-order valence-electron chi connectivity index (χ4n) is 3.48. The first kappa shape index (κ1) is 19.3. The van der Waals surface area contributed by atoms with E-state index in [9.17, 15) is 18.8 Å². The molecular weight excluding hydrogens is 395 g/mol. The van der Waals surface area contributed by atoms with Crippen LogP contribution in [-0.2, 0) is 16.1 Å². The Morgan fingerprint density at radius 3 is 2.93 bits per heavy atom. The summed E-state index contributed by atoms with van der Waals surface area (Å²) in [6.07, 6.45) is 0.0617. The number of benzene rings is 1. The molecule has 1 atom stereocenters. The maximum Gasteiger partial charge on any atom is 0.268 e. The van der Waals surface area contributed by atoms with Gasteiger partial charge in [0.25, 0.3) is 5.56 Å². The number of aromatic amines is 1. The van der Waals surface area contributed by atoms with Gasteiger partial charge in [-0.3, -0.25) is 14.4 Å². The van der Waals surface area contributed by atoms with E-state index in [-0.39, 0.29) is 42.7 Å². The lowest BCUT2D eigenvalue weighted by molar-refractivity contribution is -0.135. The molecule has 0 radical (unpaired) electrons. The molecule has 1 N–H and O–H groups in total. The molecule has 7 nitrogen and oxygen atoms in total. The Morgan fingerprint density at radius 1 is 1.38 bits per heavy atom. The summed E-state index contributed by atoms with van der Waals surface area (Å²) < 4.78 is 14.4. The SMILES string of the molecule is Cc1ccc(N2C[C@H](C(=O)N(C)Cc3nc4ccsc4c(=O)[nH]3)CC2=O)cc1F. The number of nitrogens with zero attached hydrogens (tertiary/aromatic N) is 3. The van der Waals surface area contributed by atoms with Gasteiger partial charge in [0.1, 0.15) is 16.3 Å². The fraction of sp³-hybridized carbons (Fsp3) is 0.300. The molecular formula is C20H19FN4O3S. The lowest BCUT2D eigenvalue weighted by atomic mass is 10.1. The van der Waals surface area contributed by atoms with Crippen molar-refractivity contribution in [1.29, 1.82) is 0 Å². The zero-order chi connectivity index (χ0) is 20.7. The smallest absolute Gasteiger partial charge is 0.268 e. The van der Waals surface area contributed by atoms with E-state index in [4.69, 9.17) is 0 Å². The van der Waals surface area contributed by atoms with Crippen LogP contribution in [0.15, 0.2) is 34.4 Å². The van der Waals surface area contributed by atoms with Crippen LogP contribution in [0.4, 0.5) is 10.1 Å². The molecule has 1 aliphatic heterocycles. The summed E-state index contributed by atoms with van der Waals surface area (Å²) in [6, 6.07) is 6.36. The first-order valence-corrected chi connectivity index (χ1v) is 9.99. The van der Waals surface area contributed by atoms with Gasteiger partial charge in [0.2, 0.25) is 11.8 Å². The summed E-state index contributed by atoms with van der Waals surface area (Å²) in [6.45, 7) is 1.97. The molecule has 2 aromatic heterocycles. The van der Waals surface area contributed by atoms with Gasteiger partial charge in [0.15, 0.2) is 0 Å². The molecule has 3 heterocycles. The van der Waals surface area contributed by atoms with Crippen LogP contribution in [0.5, 0.6) is 0 Å². The second-order valence-corrected chi connectivity index (χ2v) is 8.10. The molecule has 3 aromatic rings. The maximum absolute atomic E-state index is 13.9. The highest BCUT2D eigenvalue weighted by Gasteiger charge is 2.36. The van der Waals surface area contributed by atoms with E-state index in [1.54, 1.807) is 37.6 Å². The van der Waals surface area contributed by atoms with E-state index in [1.165, 1.54) is 27.2 Å². The maximum atomic E-state index is 13.9. The third-order valence-corrected chi connectivity index (χ3v) is 5.97. The highest BCUT2D eigenvalue weighted by molar-refractivity contribution is 7.17. The molecule has 0 aliphatic carbocycles. The average Bonchev–Trinajstić information content (AvgIpc) is 3.30. The molecule has 29 heavy (non-hydrogen) atoms. The Labute approximate surface area is 169 Å². The zero-order valence-electron chi connectivity index (χ0n) is 15.9. The van der Waals surface area contributed by atoms with Crippen LogP contribution >= 0.6 is 11.3 Å². The third kappa shape index (κ3) is 3.65. The predicted octanol–water partition coefficient (Wildman–Crippen LogP) is 2.44. The van der Waals surface area contributed by atoms with Crippen molar-refractivity contribution in [1.82, 2.24) is 14.9 Å². The molecule has 0 saturated carbocycles. The molecule has 0 bridgehead atoms. The Kier molecular flexibility index (Phi) is 4.91. The number of carbonyl (C=O) groups excluding carboxylic acids is 2. The third-order valence-electron chi connectivity index (χ3n) is 5.07. The van der Waals surface area contributed by atoms with Gasteiger partial charge in [-0.05, 0) is 36.1 Å². The molecule has 9 heteroatoms. The highest BCUT2D eigenvalue weighted by atomic mass is 32.1. The molecule has 1 fully saturated rings. The van der Waals surface area contributed by atoms with Crippen molar-refractivity contribution in [2.24, 2.45) is 5.92 Å². The number of thiophene rings is 1. The first-order chi connectivity index (χ1) is 13.8. The number of halogens is 1. The van der Waals surface area contributed by atoms with E-state index < -0.39 is 5.92 Å². The van der Waals surface area contributed by atoms with Gasteiger partial charge in [0.05, 0.1) is 18.0 Å². The lowest BCUT2D eigenvalue weighted by Gasteiger charge is -2.21. The minimum Gasteiger partial charge on any atom is -0.338 e. The van der Waals surface area contributed by atoms with Crippen molar-refractivity contribution in [3.8, 4) is 0 Å². The number of nitrogens with one attached hydrogen (secondary N) is 1. The van der Waals surface area contributed by atoms with Crippen LogP contribution in [0.2, 0.25) is 0 Å². The van der Waals surface area contributed by atoms with Crippen LogP contribution in [0.25, 0.3) is 10.2 Å². The normalized spacial score (nSPS) is 16.6. The number of rotatable bonds is 4. The number of anilines is 1. The van der Waals surface area contributed by atoms with Gasteiger partial charge in [-0.2, -0.15) is 0 Å². The van der Waals surface area contributed by atoms with Crippen LogP contribution < -0.4 is 10.5 Å². The number of carbonyl (C=O) groups is 2. The average molecular weight is 414 g/mol. The second kappa shape index (κ2) is 7.40. The summed E-state index contributed by atoms with van der Waals surface area (Å²) >= 11 is 1.31. The van der Waals surface area contributed by atoms with Crippen molar-refractivity contribution in [3.63, 3.8) is 0 Å². The monoisotopic (exact) mass is 414 g/mol. The van der Waals surface area contributed by atoms with Crippen molar-refractivity contribution in [2.45, 2.75) is 19.9 Å². The lowest BCUT2D eigenvalue weighted by Crippen LogP contribution is -2.35. The summed E-state index contributed by atoms with van der Waals surface area (Å²) in [4.78, 5) is 47.3. The quantitative estimate of drug-likeness (QED) is 0.711. The molecule has 1 aliphatic rings. The predicted molar refractivity (Wildman–Crippen MR) is 108 cm³/mol. The second-order valence-electron chi connectivity index (χ2n) is 7.18. The molecule has 1 saturated heterocycles. The number of aromatic nitrogens is 2. The Hall–Kier alpha value is -3.07. The Balaban J connectivity index is 1.48. The standard InChI is InChI=1S/C20H19FN4O3S/c1-11-3-4-13(8-14(11)21)25-9-12(7-17(25)26)20(28)24(2)10-16-22-15-5-6-29-18(15)19(27)23-16/h3-6,8,12H,7,9-10H2,1-2H3,(H,22,23,27)/t12-/m1/s1. The number of hydrogen-bond donors (Lipinski definition) is 1. The van der Waals surface area contributed by atoms with Gasteiger partial charge in [0, 0.05) is 25.7 Å². The van der Waals surface area contributed by atoms with E-state index in [0.29, 0.717) is 27.3 Å². The largest absolute Gasteiger partial charge is 0.338 e. The van der Waals surface area contributed by atoms with Gasteiger partial charge in [-0.25, -0.2) is 9.37 Å². The first-order valence-electron chi connectivity index (χ1n) is 9.11. The van der Waals surface area contributed by atoms with Crippen molar-refractivity contribution in [2.75, 3.05) is 18.5 Å². The molecule has 1 aromatic carbocycles. The Morgan fingerprint density at radius 2 is 2.17 bits per heavy atom. The van der Waals surface area contributed by atoms with E-state index >= 15 is 0 Å². The van der Waals surface area contributed by atoms with Gasteiger partial charge >= 0.3 is 0 Å². The van der Waals surface area contributed by atoms with Crippen LogP contribution in [-0.4, -0.2) is 40.3 Å². The summed E-state index contributed by atoms with van der Waals surface area (Å²) in [5, 5.41) is 1.79. The Bertz CT molecular complexity index is 1170. The molecule has 150 valence electrons. The number of fused-ring (bicyclic) bond motifs is 1. The molecule has 0 unspecified atom stereocenters. The van der Waals surface area contributed by atoms with Gasteiger partial charge in [-0.15, -0.1) is 11.3 Å².